The first-order valence-corrected chi connectivity index (χ1v) is 8.38. The largest absolute Gasteiger partial charge is 0.481 e. The van der Waals surface area contributed by atoms with Crippen LogP contribution in [0.1, 0.15) is 32.3 Å². The molecule has 1 aromatic rings. The first kappa shape index (κ1) is 17.9. The summed E-state index contributed by atoms with van der Waals surface area (Å²) in [4.78, 5) is 15.5. The van der Waals surface area contributed by atoms with Gasteiger partial charge in [0.2, 0.25) is 0 Å². The van der Waals surface area contributed by atoms with Gasteiger partial charge in [-0.15, -0.1) is 0 Å². The Kier molecular flexibility index (Phi) is 6.54. The average molecular weight is 322 g/mol. The van der Waals surface area contributed by atoms with Gasteiger partial charge in [-0.25, -0.2) is 4.39 Å². The van der Waals surface area contributed by atoms with Crippen LogP contribution >= 0.6 is 0 Å². The van der Waals surface area contributed by atoms with Crippen molar-refractivity contribution in [2.75, 3.05) is 26.2 Å². The summed E-state index contributed by atoms with van der Waals surface area (Å²) >= 11 is 0. The molecule has 1 aliphatic heterocycles. The number of aliphatic carboxylic acids is 1. The number of rotatable bonds is 6. The SMILES string of the molecule is CC(C)[C@H]1CN(CCC(=O)O)CCCN1Cc1ccc(F)cc1. The van der Waals surface area contributed by atoms with E-state index in [1.807, 2.05) is 12.1 Å². The molecule has 0 amide bonds. The van der Waals surface area contributed by atoms with E-state index in [1.54, 1.807) is 0 Å². The van der Waals surface area contributed by atoms with Gasteiger partial charge in [-0.3, -0.25) is 9.69 Å². The Bertz CT molecular complexity index is 504. The molecular formula is C18H27FN2O2. The molecular weight excluding hydrogens is 295 g/mol. The molecule has 128 valence electrons. The van der Waals surface area contributed by atoms with Crippen molar-refractivity contribution in [3.63, 3.8) is 0 Å². The average Bonchev–Trinajstić information content (AvgIpc) is 2.70. The molecule has 1 heterocycles. The first-order chi connectivity index (χ1) is 11.0. The highest BCUT2D eigenvalue weighted by Crippen LogP contribution is 2.20. The second-order valence-electron chi connectivity index (χ2n) is 6.71. The summed E-state index contributed by atoms with van der Waals surface area (Å²) in [5.74, 6) is -0.454. The highest BCUT2D eigenvalue weighted by atomic mass is 19.1. The van der Waals surface area contributed by atoms with E-state index in [0.29, 0.717) is 18.5 Å². The highest BCUT2D eigenvalue weighted by Gasteiger charge is 2.27. The number of benzene rings is 1. The van der Waals surface area contributed by atoms with E-state index in [9.17, 15) is 9.18 Å². The fraction of sp³-hybridized carbons (Fsp3) is 0.611. The molecule has 1 saturated heterocycles. The van der Waals surface area contributed by atoms with Crippen molar-refractivity contribution in [3.8, 4) is 0 Å². The zero-order valence-electron chi connectivity index (χ0n) is 14.0. The van der Waals surface area contributed by atoms with Crippen molar-refractivity contribution in [2.24, 2.45) is 5.92 Å². The summed E-state index contributed by atoms with van der Waals surface area (Å²) < 4.78 is 13.1. The molecule has 0 radical (unpaired) electrons. The minimum atomic E-state index is -0.737. The topological polar surface area (TPSA) is 43.8 Å². The number of carboxylic acid groups (broad SMARTS) is 1. The lowest BCUT2D eigenvalue weighted by atomic mass is 10.0. The molecule has 4 nitrogen and oxygen atoms in total. The zero-order valence-corrected chi connectivity index (χ0v) is 14.0. The highest BCUT2D eigenvalue weighted by molar-refractivity contribution is 5.66. The molecule has 0 spiro atoms. The van der Waals surface area contributed by atoms with Crippen molar-refractivity contribution < 1.29 is 14.3 Å². The van der Waals surface area contributed by atoms with E-state index in [1.165, 1.54) is 12.1 Å². The fourth-order valence-electron chi connectivity index (χ4n) is 3.24. The van der Waals surface area contributed by atoms with E-state index >= 15 is 0 Å². The smallest absolute Gasteiger partial charge is 0.304 e. The Labute approximate surface area is 137 Å². The number of halogens is 1. The summed E-state index contributed by atoms with van der Waals surface area (Å²) in [6.45, 7) is 8.68. The quantitative estimate of drug-likeness (QED) is 0.875. The number of carboxylic acids is 1. The first-order valence-electron chi connectivity index (χ1n) is 8.38. The van der Waals surface area contributed by atoms with Crippen molar-refractivity contribution in [1.29, 1.82) is 0 Å². The monoisotopic (exact) mass is 322 g/mol. The third-order valence-electron chi connectivity index (χ3n) is 4.54. The van der Waals surface area contributed by atoms with Crippen LogP contribution in [0, 0.1) is 11.7 Å². The maximum atomic E-state index is 13.1. The van der Waals surface area contributed by atoms with Crippen LogP contribution in [0.3, 0.4) is 0 Å². The Hall–Kier alpha value is -1.46. The van der Waals surface area contributed by atoms with Gasteiger partial charge >= 0.3 is 5.97 Å². The van der Waals surface area contributed by atoms with Crippen LogP contribution in [0.2, 0.25) is 0 Å². The maximum absolute atomic E-state index is 13.1. The Morgan fingerprint density at radius 2 is 2.00 bits per heavy atom. The van der Waals surface area contributed by atoms with Gasteiger partial charge in [0.1, 0.15) is 5.82 Å². The van der Waals surface area contributed by atoms with Gasteiger partial charge in [-0.05, 0) is 36.6 Å². The van der Waals surface area contributed by atoms with Gasteiger partial charge < -0.3 is 10.0 Å². The molecule has 0 aromatic heterocycles. The lowest BCUT2D eigenvalue weighted by Gasteiger charge is -2.34. The van der Waals surface area contributed by atoms with E-state index in [0.717, 1.165) is 38.2 Å². The second kappa shape index (κ2) is 8.41. The summed E-state index contributed by atoms with van der Waals surface area (Å²) in [5, 5.41) is 8.89. The Morgan fingerprint density at radius 1 is 1.30 bits per heavy atom. The number of nitrogens with zero attached hydrogens (tertiary/aromatic N) is 2. The van der Waals surface area contributed by atoms with Gasteiger partial charge in [-0.2, -0.15) is 0 Å². The summed E-state index contributed by atoms with van der Waals surface area (Å²) in [5.41, 5.74) is 1.12. The van der Waals surface area contributed by atoms with Crippen molar-refractivity contribution in [2.45, 2.75) is 39.3 Å². The molecule has 0 unspecified atom stereocenters. The molecule has 5 heteroatoms. The molecule has 0 saturated carbocycles. The molecule has 23 heavy (non-hydrogen) atoms. The Balaban J connectivity index is 2.03. The molecule has 1 aliphatic rings. The van der Waals surface area contributed by atoms with E-state index in [2.05, 4.69) is 23.6 Å². The van der Waals surface area contributed by atoms with Crippen LogP contribution < -0.4 is 0 Å². The molecule has 1 fully saturated rings. The number of hydrogen-bond donors (Lipinski definition) is 1. The second-order valence-corrected chi connectivity index (χ2v) is 6.71. The molecule has 0 aliphatic carbocycles. The summed E-state index contributed by atoms with van der Waals surface area (Å²) in [7, 11) is 0. The summed E-state index contributed by atoms with van der Waals surface area (Å²) in [6, 6.07) is 7.10. The van der Waals surface area contributed by atoms with Gasteiger partial charge in [0.15, 0.2) is 0 Å². The van der Waals surface area contributed by atoms with Gasteiger partial charge in [0.25, 0.3) is 0 Å². The number of hydrogen-bond acceptors (Lipinski definition) is 3. The fourth-order valence-corrected chi connectivity index (χ4v) is 3.24. The van der Waals surface area contributed by atoms with Crippen molar-refractivity contribution in [1.82, 2.24) is 9.80 Å². The predicted molar refractivity (Wildman–Crippen MR) is 88.7 cm³/mol. The predicted octanol–water partition coefficient (Wildman–Crippen LogP) is 2.83. The van der Waals surface area contributed by atoms with Crippen LogP contribution in [0.15, 0.2) is 24.3 Å². The van der Waals surface area contributed by atoms with Gasteiger partial charge in [0.05, 0.1) is 6.42 Å². The molecule has 1 atom stereocenters. The van der Waals surface area contributed by atoms with E-state index < -0.39 is 5.97 Å². The Morgan fingerprint density at radius 3 is 2.61 bits per heavy atom. The maximum Gasteiger partial charge on any atom is 0.304 e. The minimum Gasteiger partial charge on any atom is -0.481 e. The molecule has 2 rings (SSSR count). The van der Waals surface area contributed by atoms with Gasteiger partial charge in [-0.1, -0.05) is 26.0 Å². The van der Waals surface area contributed by atoms with Crippen LogP contribution in [-0.4, -0.2) is 53.1 Å². The van der Waals surface area contributed by atoms with Crippen molar-refractivity contribution >= 4 is 5.97 Å². The van der Waals surface area contributed by atoms with Crippen LogP contribution in [0.4, 0.5) is 4.39 Å². The zero-order chi connectivity index (χ0) is 16.8. The van der Waals surface area contributed by atoms with Crippen LogP contribution in [0.5, 0.6) is 0 Å². The lowest BCUT2D eigenvalue weighted by Crippen LogP contribution is -2.44. The third kappa shape index (κ3) is 5.59. The van der Waals surface area contributed by atoms with Gasteiger partial charge in [0, 0.05) is 32.2 Å². The van der Waals surface area contributed by atoms with E-state index in [-0.39, 0.29) is 12.2 Å². The third-order valence-corrected chi connectivity index (χ3v) is 4.54. The summed E-state index contributed by atoms with van der Waals surface area (Å²) in [6.07, 6.45) is 1.23. The van der Waals surface area contributed by atoms with Crippen LogP contribution in [-0.2, 0) is 11.3 Å². The molecule has 0 bridgehead atoms. The lowest BCUT2D eigenvalue weighted by molar-refractivity contribution is -0.137. The van der Waals surface area contributed by atoms with E-state index in [4.69, 9.17) is 5.11 Å². The van der Waals surface area contributed by atoms with Crippen LogP contribution in [0.25, 0.3) is 0 Å². The molecule has 1 N–H and O–H groups in total. The number of carbonyl (C=O) groups is 1. The minimum absolute atomic E-state index is 0.197. The van der Waals surface area contributed by atoms with Crippen molar-refractivity contribution in [3.05, 3.63) is 35.6 Å². The molecule has 1 aromatic carbocycles. The normalized spacial score (nSPS) is 20.6. The standard InChI is InChI=1S/C18H27FN2O2/c1-14(2)17-13-20(11-8-18(22)23)9-3-10-21(17)12-15-4-6-16(19)7-5-15/h4-7,14,17H,3,8-13H2,1-2H3,(H,22,23)/t17-/m1/s1.